The summed E-state index contributed by atoms with van der Waals surface area (Å²) in [5.74, 6) is 0.0367. The lowest BCUT2D eigenvalue weighted by molar-refractivity contribution is -0.131. The Labute approximate surface area is 226 Å². The largest absolute Gasteiger partial charge is 0.388 e. The average molecular weight is 505 g/mol. The van der Waals surface area contributed by atoms with Gasteiger partial charge in [0.15, 0.2) is 0 Å². The molecule has 0 aromatic heterocycles. The van der Waals surface area contributed by atoms with Crippen LogP contribution in [-0.2, 0) is 15.0 Å². The van der Waals surface area contributed by atoms with Gasteiger partial charge in [-0.25, -0.2) is 0 Å². The van der Waals surface area contributed by atoms with Crippen molar-refractivity contribution in [2.45, 2.75) is 51.0 Å². The third kappa shape index (κ3) is 5.96. The Bertz CT molecular complexity index is 1340. The van der Waals surface area contributed by atoms with Crippen LogP contribution in [0.4, 0.5) is 0 Å². The molecule has 2 heterocycles. The summed E-state index contributed by atoms with van der Waals surface area (Å²) in [4.78, 5) is 21.4. The molecule has 0 atom stereocenters. The molecule has 0 saturated carbocycles. The van der Waals surface area contributed by atoms with Gasteiger partial charge in [-0.15, -0.1) is 0 Å². The Morgan fingerprint density at radius 2 is 1.53 bits per heavy atom. The molecule has 1 saturated heterocycles. The van der Waals surface area contributed by atoms with Crippen LogP contribution >= 0.6 is 0 Å². The van der Waals surface area contributed by atoms with E-state index in [0.717, 1.165) is 47.2 Å². The van der Waals surface area contributed by atoms with Crippen molar-refractivity contribution in [2.75, 3.05) is 13.1 Å². The number of carbonyl (C=O) groups excluding carboxylic acids is 1. The van der Waals surface area contributed by atoms with Crippen molar-refractivity contribution < 1.29 is 9.63 Å². The maximum atomic E-state index is 13.5. The van der Waals surface area contributed by atoms with Crippen molar-refractivity contribution in [3.63, 3.8) is 0 Å². The molecule has 0 aliphatic carbocycles. The van der Waals surface area contributed by atoms with E-state index in [1.165, 1.54) is 5.56 Å². The number of rotatable bonds is 5. The Kier molecular flexibility index (Phi) is 7.33. The first-order valence-electron chi connectivity index (χ1n) is 13.5. The van der Waals surface area contributed by atoms with Gasteiger partial charge in [-0.3, -0.25) is 4.79 Å². The molecule has 1 amide bonds. The number of likely N-dealkylation sites (tertiary alicyclic amines) is 1. The molecular formula is C34H36N2O2. The fourth-order valence-electron chi connectivity index (χ4n) is 5.07. The molecular weight excluding hydrogens is 468 g/mol. The number of oxime groups is 1. The molecule has 1 fully saturated rings. The number of hydrogen-bond donors (Lipinski definition) is 0. The topological polar surface area (TPSA) is 41.9 Å². The Balaban J connectivity index is 1.31. The van der Waals surface area contributed by atoms with Crippen molar-refractivity contribution >= 4 is 23.3 Å². The molecule has 2 aliphatic rings. The van der Waals surface area contributed by atoms with Crippen molar-refractivity contribution in [2.24, 2.45) is 5.16 Å². The minimum absolute atomic E-state index is 0.0367. The molecule has 4 heteroatoms. The predicted molar refractivity (Wildman–Crippen MR) is 156 cm³/mol. The number of benzene rings is 3. The van der Waals surface area contributed by atoms with Crippen LogP contribution in [0.2, 0.25) is 0 Å². The molecule has 3 aromatic carbocycles. The van der Waals surface area contributed by atoms with Crippen LogP contribution in [0.3, 0.4) is 0 Å². The minimum Gasteiger partial charge on any atom is -0.388 e. The average Bonchev–Trinajstić information content (AvgIpc) is 3.35. The van der Waals surface area contributed by atoms with E-state index >= 15 is 0 Å². The zero-order valence-corrected chi connectivity index (χ0v) is 22.6. The zero-order valence-electron chi connectivity index (χ0n) is 22.6. The summed E-state index contributed by atoms with van der Waals surface area (Å²) >= 11 is 0. The summed E-state index contributed by atoms with van der Waals surface area (Å²) in [7, 11) is 0. The fraction of sp³-hybridized carbons (Fsp3) is 0.294. The van der Waals surface area contributed by atoms with E-state index in [2.05, 4.69) is 80.5 Å². The molecule has 3 aromatic rings. The summed E-state index contributed by atoms with van der Waals surface area (Å²) in [5.41, 5.74) is 6.20. The lowest BCUT2D eigenvalue weighted by Gasteiger charge is -2.36. The Morgan fingerprint density at radius 3 is 2.16 bits per heavy atom. The van der Waals surface area contributed by atoms with Crippen molar-refractivity contribution in [1.82, 2.24) is 4.90 Å². The summed E-state index contributed by atoms with van der Waals surface area (Å²) in [5, 5.41) is 4.41. The molecule has 2 aliphatic heterocycles. The van der Waals surface area contributed by atoms with Gasteiger partial charge in [0.2, 0.25) is 5.91 Å². The summed E-state index contributed by atoms with van der Waals surface area (Å²) in [6.45, 7) is 7.95. The SMILES string of the molecule is CC(C)(C)c1ccc(C(C=Cc2ccccc2)=CC(=O)N2CCC3(CC2)CC(c2ccccc2)=NO3)cc1. The third-order valence-electron chi connectivity index (χ3n) is 7.55. The molecule has 38 heavy (non-hydrogen) atoms. The normalized spacial score (nSPS) is 17.5. The molecule has 5 rings (SSSR count). The highest BCUT2D eigenvalue weighted by molar-refractivity contribution is 6.02. The second-order valence-corrected chi connectivity index (χ2v) is 11.4. The quantitative estimate of drug-likeness (QED) is 0.271. The number of carbonyl (C=O) groups is 1. The highest BCUT2D eigenvalue weighted by atomic mass is 16.7. The van der Waals surface area contributed by atoms with Gasteiger partial charge in [0, 0.05) is 38.4 Å². The van der Waals surface area contributed by atoms with E-state index in [0.29, 0.717) is 13.1 Å². The van der Waals surface area contributed by atoms with Crippen molar-refractivity contribution in [1.29, 1.82) is 0 Å². The molecule has 1 spiro atoms. The lowest BCUT2D eigenvalue weighted by atomic mass is 9.85. The second kappa shape index (κ2) is 10.8. The number of piperidine rings is 1. The number of amides is 1. The lowest BCUT2D eigenvalue weighted by Crippen LogP contribution is -2.46. The van der Waals surface area contributed by atoms with Gasteiger partial charge in [-0.2, -0.15) is 0 Å². The van der Waals surface area contributed by atoms with E-state index in [4.69, 9.17) is 4.84 Å². The van der Waals surface area contributed by atoms with Gasteiger partial charge in [0.05, 0.1) is 5.71 Å². The monoisotopic (exact) mass is 504 g/mol. The smallest absolute Gasteiger partial charge is 0.247 e. The van der Waals surface area contributed by atoms with Crippen LogP contribution in [0, 0.1) is 0 Å². The van der Waals surface area contributed by atoms with Crippen molar-refractivity contribution in [3.05, 3.63) is 119 Å². The maximum absolute atomic E-state index is 13.5. The van der Waals surface area contributed by atoms with Crippen LogP contribution in [0.25, 0.3) is 11.6 Å². The van der Waals surface area contributed by atoms with E-state index in [9.17, 15) is 4.79 Å². The fourth-order valence-corrected chi connectivity index (χ4v) is 5.07. The summed E-state index contributed by atoms with van der Waals surface area (Å²) in [6, 6.07) is 29.0. The first-order chi connectivity index (χ1) is 18.3. The summed E-state index contributed by atoms with van der Waals surface area (Å²) < 4.78 is 0. The number of hydrogen-bond acceptors (Lipinski definition) is 3. The van der Waals surface area contributed by atoms with Crippen molar-refractivity contribution in [3.8, 4) is 0 Å². The van der Waals surface area contributed by atoms with Crippen LogP contribution < -0.4 is 0 Å². The van der Waals surface area contributed by atoms with E-state index in [-0.39, 0.29) is 16.9 Å². The predicted octanol–water partition coefficient (Wildman–Crippen LogP) is 7.27. The first-order valence-corrected chi connectivity index (χ1v) is 13.5. The van der Waals surface area contributed by atoms with Gasteiger partial charge in [-0.1, -0.05) is 123 Å². The summed E-state index contributed by atoms with van der Waals surface area (Å²) in [6.07, 6.45) is 8.25. The molecule has 0 radical (unpaired) electrons. The second-order valence-electron chi connectivity index (χ2n) is 11.4. The minimum atomic E-state index is -0.301. The molecule has 0 N–H and O–H groups in total. The van der Waals surface area contributed by atoms with Gasteiger partial charge in [0.25, 0.3) is 0 Å². The molecule has 0 unspecified atom stereocenters. The van der Waals surface area contributed by atoms with Crippen LogP contribution in [0.1, 0.15) is 62.3 Å². The Hall–Kier alpha value is -3.92. The standard InChI is InChI=1S/C34H36N2O2/c1-33(2,3)30-18-16-27(17-19-30)29(15-14-26-10-6-4-7-11-26)24-32(37)36-22-20-34(21-23-36)25-31(35-38-34)28-12-8-5-9-13-28/h4-19,24H,20-23,25H2,1-3H3. The van der Waals surface area contributed by atoms with Gasteiger partial charge >= 0.3 is 0 Å². The van der Waals surface area contributed by atoms with Crippen LogP contribution in [-0.4, -0.2) is 35.2 Å². The third-order valence-corrected chi connectivity index (χ3v) is 7.55. The van der Waals surface area contributed by atoms with Crippen LogP contribution in [0.5, 0.6) is 0 Å². The first kappa shape index (κ1) is 25.7. The number of nitrogens with zero attached hydrogens (tertiary/aromatic N) is 2. The van der Waals surface area contributed by atoms with Gasteiger partial charge in [-0.05, 0) is 33.2 Å². The van der Waals surface area contributed by atoms with E-state index < -0.39 is 0 Å². The molecule has 4 nitrogen and oxygen atoms in total. The highest BCUT2D eigenvalue weighted by Crippen LogP contribution is 2.36. The van der Waals surface area contributed by atoms with E-state index in [1.807, 2.05) is 47.4 Å². The number of allylic oxidation sites excluding steroid dienone is 2. The van der Waals surface area contributed by atoms with E-state index in [1.54, 1.807) is 6.08 Å². The Morgan fingerprint density at radius 1 is 0.895 bits per heavy atom. The van der Waals surface area contributed by atoms with Crippen LogP contribution in [0.15, 0.2) is 102 Å². The highest BCUT2D eigenvalue weighted by Gasteiger charge is 2.42. The van der Waals surface area contributed by atoms with Gasteiger partial charge in [0.1, 0.15) is 5.60 Å². The zero-order chi connectivity index (χ0) is 26.6. The molecule has 194 valence electrons. The maximum Gasteiger partial charge on any atom is 0.247 e. The molecule has 0 bridgehead atoms. The van der Waals surface area contributed by atoms with Gasteiger partial charge < -0.3 is 9.74 Å².